The zero-order valence-corrected chi connectivity index (χ0v) is 7.86. The summed E-state index contributed by atoms with van der Waals surface area (Å²) in [6, 6.07) is 2.01. The Morgan fingerprint density at radius 1 is 1.57 bits per heavy atom. The van der Waals surface area contributed by atoms with E-state index in [1.807, 2.05) is 30.4 Å². The predicted molar refractivity (Wildman–Crippen MR) is 53.7 cm³/mol. The molecular weight excluding hydrogens is 180 g/mol. The van der Waals surface area contributed by atoms with Gasteiger partial charge in [0.2, 0.25) is 11.9 Å². The van der Waals surface area contributed by atoms with E-state index in [9.17, 15) is 0 Å². The SMILES string of the molecule is CN(Cc1cc[nH]c1)c1n[nH]c(N)n1. The van der Waals surface area contributed by atoms with Crippen LogP contribution < -0.4 is 10.6 Å². The van der Waals surface area contributed by atoms with Crippen LogP contribution in [-0.2, 0) is 6.54 Å². The van der Waals surface area contributed by atoms with E-state index >= 15 is 0 Å². The number of nitrogens with zero attached hydrogens (tertiary/aromatic N) is 3. The van der Waals surface area contributed by atoms with Crippen molar-refractivity contribution in [2.75, 3.05) is 17.7 Å². The van der Waals surface area contributed by atoms with Gasteiger partial charge in [-0.2, -0.15) is 4.98 Å². The maximum absolute atomic E-state index is 5.43. The molecule has 0 aromatic carbocycles. The molecule has 14 heavy (non-hydrogen) atoms. The molecule has 0 aliphatic rings. The molecule has 0 atom stereocenters. The van der Waals surface area contributed by atoms with Crippen LogP contribution in [0.15, 0.2) is 18.5 Å². The third-order valence-corrected chi connectivity index (χ3v) is 1.91. The molecule has 0 fully saturated rings. The van der Waals surface area contributed by atoms with Crippen LogP contribution >= 0.6 is 0 Å². The first kappa shape index (κ1) is 8.61. The Balaban J connectivity index is 2.06. The zero-order chi connectivity index (χ0) is 9.97. The molecule has 0 saturated heterocycles. The summed E-state index contributed by atoms with van der Waals surface area (Å²) in [6.07, 6.45) is 3.82. The van der Waals surface area contributed by atoms with E-state index in [4.69, 9.17) is 5.73 Å². The first-order chi connectivity index (χ1) is 6.75. The van der Waals surface area contributed by atoms with Gasteiger partial charge in [0, 0.05) is 26.0 Å². The van der Waals surface area contributed by atoms with Crippen LogP contribution in [0.25, 0.3) is 0 Å². The molecule has 0 spiro atoms. The summed E-state index contributed by atoms with van der Waals surface area (Å²) >= 11 is 0. The normalized spacial score (nSPS) is 10.4. The van der Waals surface area contributed by atoms with Gasteiger partial charge in [0.25, 0.3) is 0 Å². The number of H-pyrrole nitrogens is 2. The number of hydrogen-bond acceptors (Lipinski definition) is 4. The van der Waals surface area contributed by atoms with E-state index in [1.54, 1.807) is 0 Å². The van der Waals surface area contributed by atoms with E-state index in [2.05, 4.69) is 20.2 Å². The Kier molecular flexibility index (Phi) is 2.10. The van der Waals surface area contributed by atoms with Crippen LogP contribution in [0.2, 0.25) is 0 Å². The predicted octanol–water partition coefficient (Wildman–Crippen LogP) is 0.351. The number of nitrogens with one attached hydrogen (secondary N) is 2. The molecule has 74 valence electrons. The van der Waals surface area contributed by atoms with Crippen LogP contribution in [0.1, 0.15) is 5.56 Å². The maximum atomic E-state index is 5.43. The summed E-state index contributed by atoms with van der Waals surface area (Å²) in [6.45, 7) is 0.751. The third kappa shape index (κ3) is 1.68. The van der Waals surface area contributed by atoms with Gasteiger partial charge < -0.3 is 15.6 Å². The number of aromatic amines is 2. The van der Waals surface area contributed by atoms with Gasteiger partial charge in [-0.3, -0.25) is 0 Å². The number of anilines is 2. The van der Waals surface area contributed by atoms with Gasteiger partial charge in [-0.15, -0.1) is 5.10 Å². The Hall–Kier alpha value is -1.98. The number of nitrogen functional groups attached to an aromatic ring is 1. The third-order valence-electron chi connectivity index (χ3n) is 1.91. The monoisotopic (exact) mass is 192 g/mol. The molecule has 0 unspecified atom stereocenters. The van der Waals surface area contributed by atoms with Crippen molar-refractivity contribution in [2.45, 2.75) is 6.54 Å². The molecule has 2 aromatic heterocycles. The van der Waals surface area contributed by atoms with E-state index in [-0.39, 0.29) is 0 Å². The summed E-state index contributed by atoms with van der Waals surface area (Å²) in [5.41, 5.74) is 6.60. The van der Waals surface area contributed by atoms with E-state index in [0.717, 1.165) is 6.54 Å². The maximum Gasteiger partial charge on any atom is 0.246 e. The van der Waals surface area contributed by atoms with E-state index < -0.39 is 0 Å². The average molecular weight is 192 g/mol. The van der Waals surface area contributed by atoms with Crippen LogP contribution in [0.5, 0.6) is 0 Å². The van der Waals surface area contributed by atoms with E-state index in [0.29, 0.717) is 11.9 Å². The fourth-order valence-corrected chi connectivity index (χ4v) is 1.24. The highest BCUT2D eigenvalue weighted by Crippen LogP contribution is 2.09. The number of aromatic nitrogens is 4. The lowest BCUT2D eigenvalue weighted by Crippen LogP contribution is -2.17. The first-order valence-corrected chi connectivity index (χ1v) is 4.26. The molecule has 0 bridgehead atoms. The molecule has 6 heteroatoms. The second-order valence-electron chi connectivity index (χ2n) is 3.10. The van der Waals surface area contributed by atoms with Gasteiger partial charge >= 0.3 is 0 Å². The smallest absolute Gasteiger partial charge is 0.246 e. The zero-order valence-electron chi connectivity index (χ0n) is 7.86. The lowest BCUT2D eigenvalue weighted by atomic mass is 10.3. The van der Waals surface area contributed by atoms with Crippen molar-refractivity contribution < 1.29 is 0 Å². The van der Waals surface area contributed by atoms with Crippen LogP contribution in [0.3, 0.4) is 0 Å². The Labute approximate surface area is 81.1 Å². The van der Waals surface area contributed by atoms with Crippen molar-refractivity contribution in [3.8, 4) is 0 Å². The molecule has 0 radical (unpaired) electrons. The minimum atomic E-state index is 0.334. The summed E-state index contributed by atoms with van der Waals surface area (Å²) in [7, 11) is 1.91. The number of hydrogen-bond donors (Lipinski definition) is 3. The van der Waals surface area contributed by atoms with Gasteiger partial charge in [0.05, 0.1) is 0 Å². The van der Waals surface area contributed by atoms with Crippen molar-refractivity contribution in [2.24, 2.45) is 0 Å². The average Bonchev–Trinajstić information content (AvgIpc) is 2.75. The fourth-order valence-electron chi connectivity index (χ4n) is 1.24. The summed E-state index contributed by atoms with van der Waals surface area (Å²) in [4.78, 5) is 8.92. The molecule has 2 aromatic rings. The molecule has 2 rings (SSSR count). The molecule has 0 aliphatic carbocycles. The molecule has 6 nitrogen and oxygen atoms in total. The fraction of sp³-hybridized carbons (Fsp3) is 0.250. The molecular formula is C8H12N6. The summed E-state index contributed by atoms with van der Waals surface area (Å²) in [5, 5.41) is 6.55. The van der Waals surface area contributed by atoms with Crippen molar-refractivity contribution >= 4 is 11.9 Å². The van der Waals surface area contributed by atoms with Crippen LogP contribution in [0, 0.1) is 0 Å². The number of rotatable bonds is 3. The largest absolute Gasteiger partial charge is 0.368 e. The van der Waals surface area contributed by atoms with Crippen molar-refractivity contribution in [1.82, 2.24) is 20.2 Å². The van der Waals surface area contributed by atoms with E-state index in [1.165, 1.54) is 5.56 Å². The van der Waals surface area contributed by atoms with Gasteiger partial charge in [-0.05, 0) is 11.6 Å². The van der Waals surface area contributed by atoms with Crippen molar-refractivity contribution in [3.63, 3.8) is 0 Å². The highest BCUT2D eigenvalue weighted by molar-refractivity contribution is 5.33. The first-order valence-electron chi connectivity index (χ1n) is 4.26. The Bertz CT molecular complexity index is 390. The highest BCUT2D eigenvalue weighted by atomic mass is 15.4. The van der Waals surface area contributed by atoms with Gasteiger partial charge in [0.1, 0.15) is 0 Å². The molecule has 0 amide bonds. The second kappa shape index (κ2) is 3.41. The van der Waals surface area contributed by atoms with Crippen molar-refractivity contribution in [1.29, 1.82) is 0 Å². The standard InChI is InChI=1S/C8H12N6/c1-14(5-6-2-3-10-4-6)8-11-7(9)12-13-8/h2-4,10H,5H2,1H3,(H3,9,11,12,13). The second-order valence-corrected chi connectivity index (χ2v) is 3.10. The Morgan fingerprint density at radius 2 is 2.43 bits per heavy atom. The van der Waals surface area contributed by atoms with Gasteiger partial charge in [0.15, 0.2) is 0 Å². The minimum Gasteiger partial charge on any atom is -0.368 e. The quantitative estimate of drug-likeness (QED) is 0.655. The Morgan fingerprint density at radius 3 is 3.00 bits per heavy atom. The lowest BCUT2D eigenvalue weighted by molar-refractivity contribution is 0.872. The highest BCUT2D eigenvalue weighted by Gasteiger charge is 2.06. The van der Waals surface area contributed by atoms with Crippen molar-refractivity contribution in [3.05, 3.63) is 24.0 Å². The van der Waals surface area contributed by atoms with Crippen LogP contribution in [-0.4, -0.2) is 27.2 Å². The number of nitrogens with two attached hydrogens (primary N) is 1. The van der Waals surface area contributed by atoms with Gasteiger partial charge in [-0.1, -0.05) is 0 Å². The van der Waals surface area contributed by atoms with Gasteiger partial charge in [-0.25, -0.2) is 5.10 Å². The minimum absolute atomic E-state index is 0.334. The summed E-state index contributed by atoms with van der Waals surface area (Å²) < 4.78 is 0. The molecule has 0 aliphatic heterocycles. The lowest BCUT2D eigenvalue weighted by Gasteiger charge is -2.12. The molecule has 4 N–H and O–H groups in total. The molecule has 0 saturated carbocycles. The summed E-state index contributed by atoms with van der Waals surface area (Å²) in [5.74, 6) is 0.935. The topological polar surface area (TPSA) is 86.6 Å². The molecule has 2 heterocycles. The van der Waals surface area contributed by atoms with Crippen LogP contribution in [0.4, 0.5) is 11.9 Å².